The molecule has 0 radical (unpaired) electrons. The monoisotopic (exact) mass is 427 g/mol. The predicted octanol–water partition coefficient (Wildman–Crippen LogP) is 4.07. The molecule has 0 atom stereocenters. The molecule has 0 unspecified atom stereocenters. The Morgan fingerprint density at radius 2 is 1.70 bits per heavy atom. The van der Waals surface area contributed by atoms with Gasteiger partial charge in [-0.3, -0.25) is 4.72 Å². The maximum absolute atomic E-state index is 13.3. The quantitative estimate of drug-likeness (QED) is 0.617. The Kier molecular flexibility index (Phi) is 5.54. The number of benzene rings is 2. The van der Waals surface area contributed by atoms with Crippen molar-refractivity contribution in [1.29, 1.82) is 0 Å². The Labute approximate surface area is 175 Å². The van der Waals surface area contributed by atoms with Crippen LogP contribution in [0.4, 0.5) is 27.3 Å². The zero-order chi connectivity index (χ0) is 21.1. The Bertz CT molecular complexity index is 1150. The van der Waals surface area contributed by atoms with Crippen molar-refractivity contribution in [2.45, 2.75) is 24.7 Å². The molecule has 0 amide bonds. The largest absolute Gasteiger partial charge is 0.370 e. The topological polar surface area (TPSA) is 87.2 Å². The van der Waals surface area contributed by atoms with Crippen LogP contribution in [0.2, 0.25) is 0 Å². The number of nitrogens with zero attached hydrogens (tertiary/aromatic N) is 3. The second-order valence-electron chi connectivity index (χ2n) is 7.21. The van der Waals surface area contributed by atoms with Crippen LogP contribution in [-0.4, -0.2) is 31.7 Å². The van der Waals surface area contributed by atoms with Crippen LogP contribution in [0.15, 0.2) is 59.6 Å². The van der Waals surface area contributed by atoms with E-state index in [4.69, 9.17) is 0 Å². The number of aromatic nitrogens is 2. The van der Waals surface area contributed by atoms with Gasteiger partial charge in [0.05, 0.1) is 16.8 Å². The predicted molar refractivity (Wildman–Crippen MR) is 115 cm³/mol. The first-order valence-electron chi connectivity index (χ1n) is 9.64. The first-order chi connectivity index (χ1) is 14.4. The molecule has 1 fully saturated rings. The van der Waals surface area contributed by atoms with Crippen LogP contribution in [-0.2, 0) is 10.0 Å². The molecule has 0 bridgehead atoms. The molecule has 2 heterocycles. The summed E-state index contributed by atoms with van der Waals surface area (Å²) in [6.07, 6.45) is 4.12. The molecule has 30 heavy (non-hydrogen) atoms. The van der Waals surface area contributed by atoms with Crippen LogP contribution < -0.4 is 14.9 Å². The van der Waals surface area contributed by atoms with Gasteiger partial charge in [-0.1, -0.05) is 0 Å². The molecule has 0 aliphatic carbocycles. The molecule has 2 N–H and O–H groups in total. The summed E-state index contributed by atoms with van der Waals surface area (Å²) in [7, 11) is -3.81. The van der Waals surface area contributed by atoms with Crippen LogP contribution in [0, 0.1) is 12.7 Å². The average molecular weight is 428 g/mol. The van der Waals surface area contributed by atoms with E-state index in [1.54, 1.807) is 37.4 Å². The van der Waals surface area contributed by atoms with E-state index in [1.807, 2.05) is 6.07 Å². The minimum atomic E-state index is -3.81. The van der Waals surface area contributed by atoms with Gasteiger partial charge in [0.25, 0.3) is 10.0 Å². The van der Waals surface area contributed by atoms with Gasteiger partial charge in [0, 0.05) is 30.5 Å². The maximum Gasteiger partial charge on any atom is 0.262 e. The molecule has 1 aromatic heterocycles. The summed E-state index contributed by atoms with van der Waals surface area (Å²) in [6.45, 7) is 3.60. The summed E-state index contributed by atoms with van der Waals surface area (Å²) in [6, 6.07) is 12.3. The van der Waals surface area contributed by atoms with E-state index < -0.39 is 15.8 Å². The van der Waals surface area contributed by atoms with E-state index in [2.05, 4.69) is 25.1 Å². The SMILES string of the molecule is Cc1cc(F)ccc1S(=O)(=O)Nc1ccc(Nc2cc(N3CCCC3)cnn2)cc1. The third kappa shape index (κ3) is 4.51. The van der Waals surface area contributed by atoms with E-state index in [0.29, 0.717) is 17.1 Å². The fourth-order valence-corrected chi connectivity index (χ4v) is 4.75. The van der Waals surface area contributed by atoms with Gasteiger partial charge < -0.3 is 10.2 Å². The van der Waals surface area contributed by atoms with Crippen molar-refractivity contribution in [1.82, 2.24) is 10.2 Å². The number of rotatable bonds is 6. The van der Waals surface area contributed by atoms with Crippen molar-refractivity contribution < 1.29 is 12.8 Å². The molecule has 0 spiro atoms. The van der Waals surface area contributed by atoms with Crippen molar-refractivity contribution in [3.05, 3.63) is 66.1 Å². The van der Waals surface area contributed by atoms with Gasteiger partial charge in [-0.25, -0.2) is 12.8 Å². The van der Waals surface area contributed by atoms with Crippen molar-refractivity contribution in [3.8, 4) is 0 Å². The lowest BCUT2D eigenvalue weighted by molar-refractivity contribution is 0.598. The Morgan fingerprint density at radius 3 is 2.40 bits per heavy atom. The normalized spacial score (nSPS) is 14.0. The minimum absolute atomic E-state index is 0.0418. The third-order valence-corrected chi connectivity index (χ3v) is 6.49. The van der Waals surface area contributed by atoms with Crippen LogP contribution in [0.5, 0.6) is 0 Å². The molecule has 3 aromatic rings. The second kappa shape index (κ2) is 8.27. The van der Waals surface area contributed by atoms with Crippen LogP contribution in [0.3, 0.4) is 0 Å². The summed E-state index contributed by atoms with van der Waals surface area (Å²) < 4.78 is 41.0. The molecular formula is C21H22FN5O2S. The molecule has 1 aliphatic rings. The third-order valence-electron chi connectivity index (χ3n) is 4.95. The van der Waals surface area contributed by atoms with Crippen molar-refractivity contribution >= 4 is 32.9 Å². The number of hydrogen-bond acceptors (Lipinski definition) is 6. The van der Waals surface area contributed by atoms with Crippen molar-refractivity contribution in [2.24, 2.45) is 0 Å². The van der Waals surface area contributed by atoms with Gasteiger partial charge in [0.1, 0.15) is 5.82 Å². The van der Waals surface area contributed by atoms with Gasteiger partial charge in [-0.05, 0) is 67.8 Å². The fraction of sp³-hybridized carbons (Fsp3) is 0.238. The first kappa shape index (κ1) is 20.1. The molecular weight excluding hydrogens is 405 g/mol. The lowest BCUT2D eigenvalue weighted by Crippen LogP contribution is -2.18. The zero-order valence-electron chi connectivity index (χ0n) is 16.5. The number of hydrogen-bond donors (Lipinski definition) is 2. The number of nitrogens with one attached hydrogen (secondary N) is 2. The molecule has 0 saturated carbocycles. The minimum Gasteiger partial charge on any atom is -0.370 e. The van der Waals surface area contributed by atoms with Gasteiger partial charge in [0.15, 0.2) is 5.82 Å². The van der Waals surface area contributed by atoms with Crippen LogP contribution in [0.25, 0.3) is 0 Å². The van der Waals surface area contributed by atoms with E-state index in [-0.39, 0.29) is 4.90 Å². The van der Waals surface area contributed by atoms with Crippen LogP contribution in [0.1, 0.15) is 18.4 Å². The lowest BCUT2D eigenvalue weighted by atomic mass is 10.2. The molecule has 156 valence electrons. The zero-order valence-corrected chi connectivity index (χ0v) is 17.3. The summed E-state index contributed by atoms with van der Waals surface area (Å²) in [5, 5.41) is 11.4. The molecule has 7 nitrogen and oxygen atoms in total. The summed E-state index contributed by atoms with van der Waals surface area (Å²) >= 11 is 0. The molecule has 2 aromatic carbocycles. The van der Waals surface area contributed by atoms with Gasteiger partial charge in [0.2, 0.25) is 0 Å². The molecule has 4 rings (SSSR count). The van der Waals surface area contributed by atoms with E-state index in [0.717, 1.165) is 30.5 Å². The number of halogens is 1. The molecule has 9 heteroatoms. The Morgan fingerprint density at radius 1 is 1.00 bits per heavy atom. The summed E-state index contributed by atoms with van der Waals surface area (Å²) in [5.74, 6) is 0.147. The highest BCUT2D eigenvalue weighted by Crippen LogP contribution is 2.25. The average Bonchev–Trinajstić information content (AvgIpc) is 3.24. The smallest absolute Gasteiger partial charge is 0.262 e. The Balaban J connectivity index is 1.46. The maximum atomic E-state index is 13.3. The highest BCUT2D eigenvalue weighted by Gasteiger charge is 2.17. The first-order valence-corrected chi connectivity index (χ1v) is 11.1. The second-order valence-corrected chi connectivity index (χ2v) is 8.86. The van der Waals surface area contributed by atoms with Crippen molar-refractivity contribution in [2.75, 3.05) is 28.0 Å². The van der Waals surface area contributed by atoms with E-state index >= 15 is 0 Å². The van der Waals surface area contributed by atoms with Gasteiger partial charge >= 0.3 is 0 Å². The molecule has 1 saturated heterocycles. The van der Waals surface area contributed by atoms with E-state index in [9.17, 15) is 12.8 Å². The highest BCUT2D eigenvalue weighted by molar-refractivity contribution is 7.92. The standard InChI is InChI=1S/C21H22FN5O2S/c1-15-12-16(22)4-9-20(15)30(28,29)26-18-7-5-17(6-8-18)24-21-13-19(14-23-25-21)27-10-2-3-11-27/h4-9,12-14,26H,2-3,10-11H2,1H3,(H,24,25). The fourth-order valence-electron chi connectivity index (χ4n) is 3.46. The molecule has 1 aliphatic heterocycles. The Hall–Kier alpha value is -3.20. The number of sulfonamides is 1. The highest BCUT2D eigenvalue weighted by atomic mass is 32.2. The number of anilines is 4. The van der Waals surface area contributed by atoms with E-state index in [1.165, 1.54) is 25.0 Å². The van der Waals surface area contributed by atoms with Crippen molar-refractivity contribution in [3.63, 3.8) is 0 Å². The number of aryl methyl sites for hydroxylation is 1. The van der Waals surface area contributed by atoms with Gasteiger partial charge in [-0.2, -0.15) is 5.10 Å². The summed E-state index contributed by atoms with van der Waals surface area (Å²) in [4.78, 5) is 2.31. The van der Waals surface area contributed by atoms with Gasteiger partial charge in [-0.15, -0.1) is 5.10 Å². The lowest BCUT2D eigenvalue weighted by Gasteiger charge is -2.17. The summed E-state index contributed by atoms with van der Waals surface area (Å²) in [5.41, 5.74) is 2.53. The van der Waals surface area contributed by atoms with Crippen LogP contribution >= 0.6 is 0 Å².